The first-order valence-corrected chi connectivity index (χ1v) is 5.35. The molecule has 1 N–H and O–H groups in total. The molecule has 0 saturated carbocycles. The van der Waals surface area contributed by atoms with Crippen LogP contribution in [0.2, 0.25) is 0 Å². The van der Waals surface area contributed by atoms with E-state index < -0.39 is 18.4 Å². The zero-order valence-corrected chi connectivity index (χ0v) is 10.6. The van der Waals surface area contributed by atoms with Gasteiger partial charge in [0.1, 0.15) is 6.61 Å². The smallest absolute Gasteiger partial charge is 0.410 e. The molecule has 0 atom stereocenters. The van der Waals surface area contributed by atoms with Crippen LogP contribution in [0.1, 0.15) is 6.42 Å². The Bertz CT molecular complexity index is 277. The zero-order chi connectivity index (χ0) is 14.0. The molecule has 0 bridgehead atoms. The number of nitrogens with zero attached hydrogens (tertiary/aromatic N) is 1. The molecule has 104 valence electrons. The van der Waals surface area contributed by atoms with E-state index >= 15 is 0 Å². The number of rotatable bonds is 9. The van der Waals surface area contributed by atoms with Crippen molar-refractivity contribution in [3.05, 3.63) is 12.7 Å². The van der Waals surface area contributed by atoms with Gasteiger partial charge in [-0.15, -0.1) is 0 Å². The summed E-state index contributed by atoms with van der Waals surface area (Å²) in [5.41, 5.74) is 0. The molecule has 7 nitrogen and oxygen atoms in total. The first-order valence-electron chi connectivity index (χ1n) is 5.35. The fourth-order valence-corrected chi connectivity index (χ4v) is 1.13. The standard InChI is InChI=1S/C11H19NO6/c1-4-7-18-11(15)12(6-5-9(13)14)8-10(16-2)17-3/h4,10H,1,5-8H2,2-3H3,(H,13,14). The molecule has 0 rings (SSSR count). The molecular weight excluding hydrogens is 242 g/mol. The number of carbonyl (C=O) groups excluding carboxylic acids is 1. The Labute approximate surface area is 106 Å². The van der Waals surface area contributed by atoms with Gasteiger partial charge in [-0.25, -0.2) is 4.79 Å². The van der Waals surface area contributed by atoms with Crippen molar-refractivity contribution in [2.45, 2.75) is 12.7 Å². The second kappa shape index (κ2) is 9.43. The zero-order valence-electron chi connectivity index (χ0n) is 10.6. The quantitative estimate of drug-likeness (QED) is 0.486. The summed E-state index contributed by atoms with van der Waals surface area (Å²) < 4.78 is 14.7. The minimum absolute atomic E-state index is 0.0224. The first kappa shape index (κ1) is 16.4. The number of carbonyl (C=O) groups is 2. The number of carboxylic acids is 1. The number of hydrogen-bond acceptors (Lipinski definition) is 5. The highest BCUT2D eigenvalue weighted by atomic mass is 16.7. The van der Waals surface area contributed by atoms with Gasteiger partial charge in [-0.1, -0.05) is 12.7 Å². The number of ether oxygens (including phenoxy) is 3. The Morgan fingerprint density at radius 1 is 1.39 bits per heavy atom. The maximum atomic E-state index is 11.6. The van der Waals surface area contributed by atoms with Crippen molar-refractivity contribution in [2.75, 3.05) is 33.9 Å². The predicted molar refractivity (Wildman–Crippen MR) is 63.2 cm³/mol. The molecule has 0 aromatic rings. The SMILES string of the molecule is C=CCOC(=O)N(CCC(=O)O)CC(OC)OC. The number of hydrogen-bond donors (Lipinski definition) is 1. The van der Waals surface area contributed by atoms with Crippen LogP contribution in [0.5, 0.6) is 0 Å². The van der Waals surface area contributed by atoms with Gasteiger partial charge in [-0.3, -0.25) is 4.79 Å². The van der Waals surface area contributed by atoms with Gasteiger partial charge in [-0.2, -0.15) is 0 Å². The highest BCUT2D eigenvalue weighted by Gasteiger charge is 2.20. The second-order valence-electron chi connectivity index (χ2n) is 3.36. The van der Waals surface area contributed by atoms with E-state index in [9.17, 15) is 9.59 Å². The lowest BCUT2D eigenvalue weighted by atomic mass is 10.4. The lowest BCUT2D eigenvalue weighted by Crippen LogP contribution is -2.40. The monoisotopic (exact) mass is 261 g/mol. The third kappa shape index (κ3) is 6.87. The lowest BCUT2D eigenvalue weighted by Gasteiger charge is -2.24. The Balaban J connectivity index is 4.43. The molecule has 0 saturated heterocycles. The predicted octanol–water partition coefficient (Wildman–Crippen LogP) is 0.705. The summed E-state index contributed by atoms with van der Waals surface area (Å²) in [5.74, 6) is -0.997. The third-order valence-electron chi connectivity index (χ3n) is 2.07. The molecule has 0 radical (unpaired) electrons. The summed E-state index contributed by atoms with van der Waals surface area (Å²) >= 11 is 0. The molecule has 0 aromatic carbocycles. The Hall–Kier alpha value is -1.60. The van der Waals surface area contributed by atoms with E-state index in [1.54, 1.807) is 0 Å². The van der Waals surface area contributed by atoms with Crippen LogP contribution in [0.3, 0.4) is 0 Å². The highest BCUT2D eigenvalue weighted by molar-refractivity contribution is 5.70. The van der Waals surface area contributed by atoms with Crippen LogP contribution in [0.4, 0.5) is 4.79 Å². The molecule has 18 heavy (non-hydrogen) atoms. The average Bonchev–Trinajstić information content (AvgIpc) is 2.36. The third-order valence-corrected chi connectivity index (χ3v) is 2.07. The lowest BCUT2D eigenvalue weighted by molar-refractivity contribution is -0.138. The van der Waals surface area contributed by atoms with Gasteiger partial charge in [0.05, 0.1) is 13.0 Å². The van der Waals surface area contributed by atoms with Gasteiger partial charge in [0.25, 0.3) is 0 Å². The molecule has 0 aromatic heterocycles. The fourth-order valence-electron chi connectivity index (χ4n) is 1.13. The van der Waals surface area contributed by atoms with Crippen molar-refractivity contribution in [2.24, 2.45) is 0 Å². The summed E-state index contributed by atoms with van der Waals surface area (Å²) in [5, 5.41) is 8.61. The summed E-state index contributed by atoms with van der Waals surface area (Å²) in [6, 6.07) is 0. The van der Waals surface area contributed by atoms with Crippen LogP contribution in [0.15, 0.2) is 12.7 Å². The van der Waals surface area contributed by atoms with Gasteiger partial charge in [0.15, 0.2) is 6.29 Å². The van der Waals surface area contributed by atoms with E-state index in [0.29, 0.717) is 0 Å². The van der Waals surface area contributed by atoms with Gasteiger partial charge in [0.2, 0.25) is 0 Å². The largest absolute Gasteiger partial charge is 0.481 e. The topological polar surface area (TPSA) is 85.3 Å². The van der Waals surface area contributed by atoms with Gasteiger partial charge in [0, 0.05) is 20.8 Å². The Morgan fingerprint density at radius 3 is 2.44 bits per heavy atom. The molecule has 1 amide bonds. The summed E-state index contributed by atoms with van der Waals surface area (Å²) in [6.07, 6.45) is -0.00823. The summed E-state index contributed by atoms with van der Waals surface area (Å²) in [7, 11) is 2.86. The highest BCUT2D eigenvalue weighted by Crippen LogP contribution is 2.02. The summed E-state index contributed by atoms with van der Waals surface area (Å²) in [6.45, 7) is 3.60. The molecule has 0 spiro atoms. The Kier molecular flexibility index (Phi) is 8.59. The van der Waals surface area contributed by atoms with E-state index in [1.807, 2.05) is 0 Å². The van der Waals surface area contributed by atoms with E-state index in [2.05, 4.69) is 6.58 Å². The number of methoxy groups -OCH3 is 2. The van der Waals surface area contributed by atoms with Crippen LogP contribution in [-0.2, 0) is 19.0 Å². The van der Waals surface area contributed by atoms with E-state index in [-0.39, 0.29) is 26.1 Å². The maximum absolute atomic E-state index is 11.6. The van der Waals surface area contributed by atoms with Gasteiger partial charge in [-0.05, 0) is 0 Å². The number of aliphatic carboxylic acids is 1. The van der Waals surface area contributed by atoms with Crippen molar-refractivity contribution >= 4 is 12.1 Å². The number of amides is 1. The fraction of sp³-hybridized carbons (Fsp3) is 0.636. The van der Waals surface area contributed by atoms with Crippen molar-refractivity contribution in [1.29, 1.82) is 0 Å². The van der Waals surface area contributed by atoms with Crippen molar-refractivity contribution < 1.29 is 28.9 Å². The van der Waals surface area contributed by atoms with Crippen molar-refractivity contribution in [3.8, 4) is 0 Å². The van der Waals surface area contributed by atoms with Crippen LogP contribution >= 0.6 is 0 Å². The Morgan fingerprint density at radius 2 is 2.00 bits per heavy atom. The van der Waals surface area contributed by atoms with Crippen LogP contribution in [-0.4, -0.2) is 62.3 Å². The van der Waals surface area contributed by atoms with E-state index in [0.717, 1.165) is 0 Å². The molecule has 0 unspecified atom stereocenters. The average molecular weight is 261 g/mol. The van der Waals surface area contributed by atoms with Gasteiger partial charge >= 0.3 is 12.1 Å². The molecule has 0 fully saturated rings. The first-order chi connectivity index (χ1) is 8.54. The maximum Gasteiger partial charge on any atom is 0.410 e. The van der Waals surface area contributed by atoms with E-state index in [1.165, 1.54) is 25.2 Å². The molecule has 0 heterocycles. The van der Waals surface area contributed by atoms with Crippen LogP contribution < -0.4 is 0 Å². The van der Waals surface area contributed by atoms with Crippen LogP contribution in [0.25, 0.3) is 0 Å². The molecule has 0 aliphatic rings. The minimum atomic E-state index is -0.997. The second-order valence-corrected chi connectivity index (χ2v) is 3.36. The summed E-state index contributed by atoms with van der Waals surface area (Å²) in [4.78, 5) is 23.4. The van der Waals surface area contributed by atoms with Crippen molar-refractivity contribution in [3.63, 3.8) is 0 Å². The van der Waals surface area contributed by atoms with Crippen molar-refractivity contribution in [1.82, 2.24) is 4.90 Å². The minimum Gasteiger partial charge on any atom is -0.481 e. The van der Waals surface area contributed by atoms with Gasteiger partial charge < -0.3 is 24.2 Å². The molecule has 0 aliphatic heterocycles. The van der Waals surface area contributed by atoms with E-state index in [4.69, 9.17) is 19.3 Å². The number of carboxylic acid groups (broad SMARTS) is 1. The van der Waals surface area contributed by atoms with Crippen LogP contribution in [0, 0.1) is 0 Å². The molecule has 0 aliphatic carbocycles. The normalized spacial score (nSPS) is 10.2. The molecular formula is C11H19NO6. The molecule has 7 heteroatoms.